The van der Waals surface area contributed by atoms with Gasteiger partial charge in [0.15, 0.2) is 0 Å². The lowest BCUT2D eigenvalue weighted by atomic mass is 9.98. The molecule has 0 heterocycles. The number of hydrogen-bond acceptors (Lipinski definition) is 2. The van der Waals surface area contributed by atoms with Crippen molar-refractivity contribution < 1.29 is 9.13 Å². The van der Waals surface area contributed by atoms with Crippen molar-refractivity contribution in [3.63, 3.8) is 0 Å². The largest absolute Gasteiger partial charge is 0.493 e. The van der Waals surface area contributed by atoms with Crippen molar-refractivity contribution in [3.05, 3.63) is 29.6 Å². The quantitative estimate of drug-likeness (QED) is 0.776. The number of rotatable bonds is 4. The van der Waals surface area contributed by atoms with Crippen molar-refractivity contribution in [2.24, 2.45) is 5.41 Å². The van der Waals surface area contributed by atoms with Gasteiger partial charge >= 0.3 is 0 Å². The van der Waals surface area contributed by atoms with Crippen LogP contribution in [0.15, 0.2) is 18.2 Å². The van der Waals surface area contributed by atoms with Gasteiger partial charge in [-0.1, -0.05) is 19.9 Å². The molecule has 3 heteroatoms. The first kappa shape index (κ1) is 12.4. The van der Waals surface area contributed by atoms with Gasteiger partial charge in [-0.25, -0.2) is 4.39 Å². The highest BCUT2D eigenvalue weighted by Crippen LogP contribution is 2.21. The van der Waals surface area contributed by atoms with E-state index in [1.54, 1.807) is 19.1 Å². The Bertz CT molecular complexity index is 336. The van der Waals surface area contributed by atoms with Crippen molar-refractivity contribution in [2.45, 2.75) is 20.8 Å². The lowest BCUT2D eigenvalue weighted by Crippen LogP contribution is -2.23. The minimum atomic E-state index is -0.226. The molecule has 0 amide bonds. The summed E-state index contributed by atoms with van der Waals surface area (Å²) in [6, 6.07) is 4.93. The van der Waals surface area contributed by atoms with Crippen LogP contribution in [0.4, 0.5) is 4.39 Å². The third-order valence-corrected chi connectivity index (χ3v) is 3.06. The van der Waals surface area contributed by atoms with Crippen LogP contribution >= 0.6 is 12.6 Å². The molecule has 0 aliphatic carbocycles. The average Bonchev–Trinajstić information content (AvgIpc) is 2.20. The minimum absolute atomic E-state index is 0.00444. The van der Waals surface area contributed by atoms with Crippen molar-refractivity contribution in [3.8, 4) is 5.75 Å². The van der Waals surface area contributed by atoms with Crippen LogP contribution < -0.4 is 4.74 Å². The van der Waals surface area contributed by atoms with Crippen molar-refractivity contribution in [1.82, 2.24) is 0 Å². The summed E-state index contributed by atoms with van der Waals surface area (Å²) < 4.78 is 18.7. The first-order valence-corrected chi connectivity index (χ1v) is 5.58. The molecule has 1 aromatic carbocycles. The van der Waals surface area contributed by atoms with E-state index in [1.807, 2.05) is 0 Å². The molecule has 84 valence electrons. The fourth-order valence-corrected chi connectivity index (χ4v) is 1.08. The molecule has 0 aliphatic heterocycles. The zero-order valence-corrected chi connectivity index (χ0v) is 10.3. The first-order chi connectivity index (χ1) is 6.94. The number of thiol groups is 1. The Kier molecular flexibility index (Phi) is 4.03. The van der Waals surface area contributed by atoms with E-state index in [9.17, 15) is 4.39 Å². The highest BCUT2D eigenvalue weighted by molar-refractivity contribution is 7.80. The molecular weight excluding hydrogens is 211 g/mol. The predicted molar refractivity (Wildman–Crippen MR) is 64.3 cm³/mol. The second-order valence-electron chi connectivity index (χ2n) is 4.52. The Morgan fingerprint density at radius 3 is 2.60 bits per heavy atom. The fraction of sp³-hybridized carbons (Fsp3) is 0.500. The van der Waals surface area contributed by atoms with E-state index in [1.165, 1.54) is 6.07 Å². The van der Waals surface area contributed by atoms with Gasteiger partial charge in [-0.15, -0.1) is 0 Å². The maximum absolute atomic E-state index is 13.2. The summed E-state index contributed by atoms with van der Waals surface area (Å²) in [4.78, 5) is 0. The Balaban J connectivity index is 2.62. The van der Waals surface area contributed by atoms with E-state index < -0.39 is 0 Å². The molecule has 0 N–H and O–H groups in total. The molecule has 0 spiro atoms. The van der Waals surface area contributed by atoms with Gasteiger partial charge in [-0.05, 0) is 24.3 Å². The summed E-state index contributed by atoms with van der Waals surface area (Å²) in [5, 5.41) is 0. The van der Waals surface area contributed by atoms with Gasteiger partial charge in [0.05, 0.1) is 6.61 Å². The van der Waals surface area contributed by atoms with E-state index in [4.69, 9.17) is 4.74 Å². The van der Waals surface area contributed by atoms with E-state index >= 15 is 0 Å². The molecule has 0 unspecified atom stereocenters. The van der Waals surface area contributed by atoms with Crippen LogP contribution in [0.1, 0.15) is 19.4 Å². The molecule has 0 fully saturated rings. The van der Waals surface area contributed by atoms with Crippen LogP contribution in [0.25, 0.3) is 0 Å². The summed E-state index contributed by atoms with van der Waals surface area (Å²) in [6.45, 7) is 6.39. The minimum Gasteiger partial charge on any atom is -0.493 e. The van der Waals surface area contributed by atoms with E-state index in [0.29, 0.717) is 17.9 Å². The highest BCUT2D eigenvalue weighted by Gasteiger charge is 2.16. The maximum atomic E-state index is 13.2. The number of hydrogen-bond donors (Lipinski definition) is 1. The molecule has 0 radical (unpaired) electrons. The van der Waals surface area contributed by atoms with Gasteiger partial charge in [-0.3, -0.25) is 0 Å². The second-order valence-corrected chi connectivity index (χ2v) is 4.84. The number of ether oxygens (including phenoxy) is 1. The Labute approximate surface area is 96.1 Å². The van der Waals surface area contributed by atoms with Crippen LogP contribution in [-0.2, 0) is 0 Å². The summed E-state index contributed by atoms with van der Waals surface area (Å²) in [7, 11) is 0. The smallest absolute Gasteiger partial charge is 0.129 e. The van der Waals surface area contributed by atoms with Crippen LogP contribution in [0.3, 0.4) is 0 Å². The Morgan fingerprint density at radius 2 is 2.07 bits per heavy atom. The van der Waals surface area contributed by atoms with Gasteiger partial charge in [0.25, 0.3) is 0 Å². The summed E-state index contributed by atoms with van der Waals surface area (Å²) >= 11 is 4.23. The van der Waals surface area contributed by atoms with Crippen LogP contribution in [-0.4, -0.2) is 12.4 Å². The maximum Gasteiger partial charge on any atom is 0.129 e. The zero-order chi connectivity index (χ0) is 11.5. The Hall–Kier alpha value is -0.700. The van der Waals surface area contributed by atoms with E-state index in [-0.39, 0.29) is 11.2 Å². The van der Waals surface area contributed by atoms with Crippen molar-refractivity contribution >= 4 is 12.6 Å². The number of aryl methyl sites for hydroxylation is 1. The van der Waals surface area contributed by atoms with Gasteiger partial charge in [0.2, 0.25) is 0 Å². The number of halogens is 1. The molecule has 0 aliphatic rings. The molecular formula is C12H17FOS. The zero-order valence-electron chi connectivity index (χ0n) is 9.38. The molecule has 1 aromatic rings. The van der Waals surface area contributed by atoms with Gasteiger partial charge < -0.3 is 4.74 Å². The van der Waals surface area contributed by atoms with Crippen molar-refractivity contribution in [2.75, 3.05) is 12.4 Å². The second kappa shape index (κ2) is 4.88. The van der Waals surface area contributed by atoms with E-state index in [0.717, 1.165) is 5.75 Å². The lowest BCUT2D eigenvalue weighted by Gasteiger charge is -2.22. The highest BCUT2D eigenvalue weighted by atomic mass is 32.1. The third-order valence-electron chi connectivity index (χ3n) is 2.20. The topological polar surface area (TPSA) is 9.23 Å². The van der Waals surface area contributed by atoms with Crippen LogP contribution in [0, 0.1) is 18.2 Å². The SMILES string of the molecule is Cc1ccc(OCC(C)(C)CS)cc1F. The molecule has 1 nitrogen and oxygen atoms in total. The van der Waals surface area contributed by atoms with Gasteiger partial charge in [0.1, 0.15) is 11.6 Å². The van der Waals surface area contributed by atoms with Crippen LogP contribution in [0.2, 0.25) is 0 Å². The fourth-order valence-electron chi connectivity index (χ4n) is 0.988. The molecule has 1 rings (SSSR count). The lowest BCUT2D eigenvalue weighted by molar-refractivity contribution is 0.201. The first-order valence-electron chi connectivity index (χ1n) is 4.94. The molecule has 0 saturated carbocycles. The Morgan fingerprint density at radius 1 is 1.40 bits per heavy atom. The van der Waals surface area contributed by atoms with Gasteiger partial charge in [-0.2, -0.15) is 12.6 Å². The molecule has 0 atom stereocenters. The summed E-state index contributed by atoms with van der Waals surface area (Å²) in [5.41, 5.74) is 0.639. The standard InChI is InChI=1S/C12H17FOS/c1-9-4-5-10(6-11(9)13)14-7-12(2,3)8-15/h4-6,15H,7-8H2,1-3H3. The molecule has 0 aromatic heterocycles. The summed E-state index contributed by atoms with van der Waals surface area (Å²) in [5.74, 6) is 1.09. The molecule has 0 saturated heterocycles. The molecule has 15 heavy (non-hydrogen) atoms. The van der Waals surface area contributed by atoms with Gasteiger partial charge in [0, 0.05) is 11.5 Å². The number of benzene rings is 1. The molecule has 0 bridgehead atoms. The monoisotopic (exact) mass is 228 g/mol. The normalized spacial score (nSPS) is 11.5. The van der Waals surface area contributed by atoms with Crippen molar-refractivity contribution in [1.29, 1.82) is 0 Å². The van der Waals surface area contributed by atoms with E-state index in [2.05, 4.69) is 26.5 Å². The van der Waals surface area contributed by atoms with Crippen LogP contribution in [0.5, 0.6) is 5.75 Å². The third kappa shape index (κ3) is 3.74. The predicted octanol–water partition coefficient (Wildman–Crippen LogP) is 3.47. The average molecular weight is 228 g/mol. The summed E-state index contributed by atoms with van der Waals surface area (Å²) in [6.07, 6.45) is 0.